The van der Waals surface area contributed by atoms with Crippen LogP contribution in [0.2, 0.25) is 0 Å². The SMILES string of the molecule is CN=NC(=[NH2+])C(C)(C)c1ccc(-c2ccccc2)c(F)c1. The molecule has 2 aromatic carbocycles. The molecule has 0 radical (unpaired) electrons. The van der Waals surface area contributed by atoms with Gasteiger partial charge in [0, 0.05) is 5.56 Å². The van der Waals surface area contributed by atoms with Crippen molar-refractivity contribution in [1.29, 1.82) is 0 Å². The lowest BCUT2D eigenvalue weighted by molar-refractivity contribution is -0.122. The molecule has 0 atom stereocenters. The maximum Gasteiger partial charge on any atom is 0.327 e. The molecule has 2 N–H and O–H groups in total. The van der Waals surface area contributed by atoms with Gasteiger partial charge in [-0.15, -0.1) is 0 Å². The van der Waals surface area contributed by atoms with Gasteiger partial charge in [-0.3, -0.25) is 5.41 Å². The minimum absolute atomic E-state index is 0.270. The van der Waals surface area contributed by atoms with Gasteiger partial charge in [0.25, 0.3) is 0 Å². The summed E-state index contributed by atoms with van der Waals surface area (Å²) in [6, 6.07) is 14.6. The van der Waals surface area contributed by atoms with Gasteiger partial charge >= 0.3 is 5.84 Å². The molecule has 4 heteroatoms. The lowest BCUT2D eigenvalue weighted by atomic mass is 9.82. The van der Waals surface area contributed by atoms with Crippen LogP contribution in [0.3, 0.4) is 0 Å². The van der Waals surface area contributed by atoms with Crippen molar-refractivity contribution >= 4 is 5.84 Å². The summed E-state index contributed by atoms with van der Waals surface area (Å²) in [5, 5.41) is 13.5. The molecule has 0 aliphatic heterocycles. The lowest BCUT2D eigenvalue weighted by Gasteiger charge is -2.19. The zero-order chi connectivity index (χ0) is 15.5. The molecule has 2 aromatic rings. The molecule has 0 bridgehead atoms. The molecule has 0 saturated heterocycles. The van der Waals surface area contributed by atoms with E-state index in [4.69, 9.17) is 5.41 Å². The van der Waals surface area contributed by atoms with Crippen LogP contribution in [0.15, 0.2) is 58.8 Å². The molecule has 0 spiro atoms. The van der Waals surface area contributed by atoms with Crippen LogP contribution in [-0.2, 0) is 5.41 Å². The highest BCUT2D eigenvalue weighted by molar-refractivity contribution is 5.87. The van der Waals surface area contributed by atoms with Gasteiger partial charge in [0.1, 0.15) is 5.82 Å². The second-order valence-electron chi connectivity index (χ2n) is 5.37. The average molecular weight is 284 g/mol. The fraction of sp³-hybridized carbons (Fsp3) is 0.235. The Kier molecular flexibility index (Phi) is 4.26. The van der Waals surface area contributed by atoms with Gasteiger partial charge in [-0.05, 0) is 31.0 Å². The Morgan fingerprint density at radius 3 is 2.33 bits per heavy atom. The first kappa shape index (κ1) is 15.0. The molecule has 3 nitrogen and oxygen atoms in total. The van der Waals surface area contributed by atoms with E-state index in [-0.39, 0.29) is 5.82 Å². The summed E-state index contributed by atoms with van der Waals surface area (Å²) >= 11 is 0. The molecule has 0 aromatic heterocycles. The molecule has 0 aliphatic rings. The molecule has 0 aliphatic carbocycles. The van der Waals surface area contributed by atoms with Crippen molar-refractivity contribution in [3.8, 4) is 11.1 Å². The Labute approximate surface area is 124 Å². The summed E-state index contributed by atoms with van der Waals surface area (Å²) in [7, 11) is 1.56. The summed E-state index contributed by atoms with van der Waals surface area (Å²) in [6.07, 6.45) is 0. The normalized spacial score (nSPS) is 11.8. The highest BCUT2D eigenvalue weighted by Crippen LogP contribution is 2.29. The van der Waals surface area contributed by atoms with Crippen LogP contribution < -0.4 is 5.41 Å². The first-order valence-corrected chi connectivity index (χ1v) is 6.75. The van der Waals surface area contributed by atoms with E-state index in [0.717, 1.165) is 11.1 Å². The predicted octanol–water partition coefficient (Wildman–Crippen LogP) is 3.01. The van der Waals surface area contributed by atoms with Gasteiger partial charge in [-0.1, -0.05) is 47.6 Å². The van der Waals surface area contributed by atoms with Crippen LogP contribution in [0.5, 0.6) is 0 Å². The number of azo groups is 1. The quantitative estimate of drug-likeness (QED) is 0.512. The van der Waals surface area contributed by atoms with E-state index in [2.05, 4.69) is 10.2 Å². The topological polar surface area (TPSA) is 50.3 Å². The van der Waals surface area contributed by atoms with Crippen LogP contribution >= 0.6 is 0 Å². The van der Waals surface area contributed by atoms with Crippen LogP contribution in [0.1, 0.15) is 19.4 Å². The first-order valence-electron chi connectivity index (χ1n) is 6.75. The largest absolute Gasteiger partial charge is 0.327 e. The van der Waals surface area contributed by atoms with Gasteiger partial charge in [-0.2, -0.15) is 0 Å². The van der Waals surface area contributed by atoms with Crippen molar-refractivity contribution in [2.75, 3.05) is 7.05 Å². The lowest BCUT2D eigenvalue weighted by Crippen LogP contribution is -2.49. The van der Waals surface area contributed by atoms with E-state index in [9.17, 15) is 4.39 Å². The average Bonchev–Trinajstić information content (AvgIpc) is 2.48. The van der Waals surface area contributed by atoms with Gasteiger partial charge in [0.05, 0.1) is 17.6 Å². The van der Waals surface area contributed by atoms with E-state index < -0.39 is 5.41 Å². The summed E-state index contributed by atoms with van der Waals surface area (Å²) < 4.78 is 14.4. The van der Waals surface area contributed by atoms with Gasteiger partial charge < -0.3 is 0 Å². The minimum Gasteiger partial charge on any atom is -0.285 e. The van der Waals surface area contributed by atoms with Crippen LogP contribution in [0.25, 0.3) is 11.1 Å². The van der Waals surface area contributed by atoms with Gasteiger partial charge in [-0.25, -0.2) is 4.39 Å². The van der Waals surface area contributed by atoms with E-state index in [1.165, 1.54) is 6.07 Å². The highest BCUT2D eigenvalue weighted by Gasteiger charge is 2.33. The Balaban J connectivity index is 2.42. The fourth-order valence-corrected chi connectivity index (χ4v) is 2.14. The Bertz CT molecular complexity index is 676. The second-order valence-corrected chi connectivity index (χ2v) is 5.37. The minimum atomic E-state index is -0.574. The van der Waals surface area contributed by atoms with Crippen LogP contribution in [0, 0.1) is 5.82 Å². The molecule has 0 amide bonds. The van der Waals surface area contributed by atoms with E-state index in [0.29, 0.717) is 11.4 Å². The van der Waals surface area contributed by atoms with Gasteiger partial charge in [0.2, 0.25) is 0 Å². The third-order valence-corrected chi connectivity index (χ3v) is 3.62. The number of halogens is 1. The molecule has 0 unspecified atom stereocenters. The standard InChI is InChI=1S/C17H18FN3/c1-17(2,16(19)21-20-3)13-9-10-14(15(18)11-13)12-7-5-4-6-8-12/h4-11,19H,1-3H3/p+1. The van der Waals surface area contributed by atoms with Crippen LogP contribution in [-0.4, -0.2) is 12.9 Å². The summed E-state index contributed by atoms with van der Waals surface area (Å²) in [5.74, 6) is 0.0878. The van der Waals surface area contributed by atoms with Crippen molar-refractivity contribution in [2.24, 2.45) is 10.2 Å². The Morgan fingerprint density at radius 1 is 1.10 bits per heavy atom. The van der Waals surface area contributed by atoms with E-state index >= 15 is 0 Å². The number of nitrogens with zero attached hydrogens (tertiary/aromatic N) is 2. The van der Waals surface area contributed by atoms with Gasteiger partial charge in [0.15, 0.2) is 0 Å². The molecule has 0 saturated carbocycles. The fourth-order valence-electron chi connectivity index (χ4n) is 2.14. The number of rotatable bonds is 3. The third-order valence-electron chi connectivity index (χ3n) is 3.62. The number of amidine groups is 1. The number of hydrogen-bond acceptors (Lipinski definition) is 1. The van der Waals surface area contributed by atoms with Crippen molar-refractivity contribution in [2.45, 2.75) is 19.3 Å². The summed E-state index contributed by atoms with van der Waals surface area (Å²) in [5.41, 5.74) is 1.62. The smallest absolute Gasteiger partial charge is 0.285 e. The van der Waals surface area contributed by atoms with Crippen molar-refractivity contribution in [1.82, 2.24) is 0 Å². The maximum absolute atomic E-state index is 14.4. The third kappa shape index (κ3) is 3.05. The Morgan fingerprint density at radius 2 is 1.76 bits per heavy atom. The zero-order valence-corrected chi connectivity index (χ0v) is 12.5. The molecule has 2 rings (SSSR count). The zero-order valence-electron chi connectivity index (χ0n) is 12.5. The molecular formula is C17H19FN3+. The molecule has 0 fully saturated rings. The highest BCUT2D eigenvalue weighted by atomic mass is 19.1. The molecule has 108 valence electrons. The summed E-state index contributed by atoms with van der Waals surface area (Å²) in [6.45, 7) is 3.79. The second kappa shape index (κ2) is 5.95. The number of benzene rings is 2. The number of nitrogens with two attached hydrogens (primary N) is 1. The molecule has 21 heavy (non-hydrogen) atoms. The van der Waals surface area contributed by atoms with E-state index in [1.54, 1.807) is 13.1 Å². The van der Waals surface area contributed by atoms with Crippen LogP contribution in [0.4, 0.5) is 4.39 Å². The van der Waals surface area contributed by atoms with Crippen molar-refractivity contribution < 1.29 is 9.80 Å². The first-order chi connectivity index (χ1) is 9.96. The number of hydrogen-bond donors (Lipinski definition) is 1. The van der Waals surface area contributed by atoms with E-state index in [1.807, 2.05) is 50.2 Å². The maximum atomic E-state index is 14.4. The summed E-state index contributed by atoms with van der Waals surface area (Å²) in [4.78, 5) is 0. The Hall–Kier alpha value is -2.36. The molecular weight excluding hydrogens is 265 g/mol. The predicted molar refractivity (Wildman–Crippen MR) is 82.6 cm³/mol. The van der Waals surface area contributed by atoms with Crippen molar-refractivity contribution in [3.63, 3.8) is 0 Å². The van der Waals surface area contributed by atoms with Crippen molar-refractivity contribution in [3.05, 3.63) is 59.9 Å². The molecule has 0 heterocycles. The monoisotopic (exact) mass is 284 g/mol.